The van der Waals surface area contributed by atoms with E-state index < -0.39 is 19.4 Å². The topological polar surface area (TPSA) is 91.3 Å². The normalized spacial score (nSPS) is 24.6. The molecule has 0 heterocycles. The molecular weight excluding hydrogens is 287 g/mol. The number of hydrogen-bond acceptors (Lipinski definition) is 7. The van der Waals surface area contributed by atoms with Gasteiger partial charge in [-0.1, -0.05) is 6.42 Å². The van der Waals surface area contributed by atoms with Gasteiger partial charge >= 0.3 is 13.6 Å². The molecule has 0 radical (unpaired) electrons. The molecule has 0 saturated heterocycles. The van der Waals surface area contributed by atoms with Crippen LogP contribution < -0.4 is 0 Å². The van der Waals surface area contributed by atoms with Crippen molar-refractivity contribution in [2.45, 2.75) is 25.1 Å². The lowest BCUT2D eigenvalue weighted by atomic mass is 9.98. The Morgan fingerprint density at radius 1 is 1.25 bits per heavy atom. The average Bonchev–Trinajstić information content (AvgIpc) is 2.94. The summed E-state index contributed by atoms with van der Waals surface area (Å²) in [5.41, 5.74) is 0. The molecule has 0 aromatic carbocycles. The van der Waals surface area contributed by atoms with Gasteiger partial charge in [0.05, 0.1) is 13.7 Å². The van der Waals surface area contributed by atoms with E-state index in [1.54, 1.807) is 0 Å². The summed E-state index contributed by atoms with van der Waals surface area (Å²) in [5.74, 6) is -1.91. The quantitative estimate of drug-likeness (QED) is 0.535. The van der Waals surface area contributed by atoms with Crippen LogP contribution in [0, 0.1) is 11.8 Å². The number of aliphatic hydroxyl groups excluding tert-OH is 1. The molecule has 1 N–H and O–H groups in total. The van der Waals surface area contributed by atoms with Crippen LogP contribution in [0.4, 0.5) is 0 Å². The molecule has 0 aromatic rings. The zero-order valence-corrected chi connectivity index (χ0v) is 13.0. The van der Waals surface area contributed by atoms with E-state index in [0.29, 0.717) is 0 Å². The number of aliphatic hydroxyl groups is 1. The van der Waals surface area contributed by atoms with Crippen LogP contribution in [0.1, 0.15) is 19.3 Å². The summed E-state index contributed by atoms with van der Waals surface area (Å²) in [4.78, 5) is 11.7. The Hall–Kier alpha value is -0.460. The van der Waals surface area contributed by atoms with E-state index in [1.807, 2.05) is 0 Å². The van der Waals surface area contributed by atoms with Crippen LogP contribution in [0.5, 0.6) is 0 Å². The molecule has 1 saturated carbocycles. The van der Waals surface area contributed by atoms with E-state index in [0.717, 1.165) is 19.3 Å². The lowest BCUT2D eigenvalue weighted by Crippen LogP contribution is -2.30. The number of ether oxygens (including phenoxy) is 2. The van der Waals surface area contributed by atoms with E-state index in [2.05, 4.69) is 4.74 Å². The second-order valence-electron chi connectivity index (χ2n) is 4.75. The molecule has 0 amide bonds. The standard InChI is InChI=1S/C12H23O7P/c1-16-11(14)12(20(15,17-2)18-3)19-8-10-6-4-5-9(10)7-13/h9-10,12-13H,4-8H2,1-3H3. The lowest BCUT2D eigenvalue weighted by Gasteiger charge is -2.25. The zero-order valence-electron chi connectivity index (χ0n) is 12.1. The molecule has 0 aromatic heterocycles. The Balaban J connectivity index is 2.71. The van der Waals surface area contributed by atoms with Crippen molar-refractivity contribution in [2.75, 3.05) is 34.5 Å². The van der Waals surface area contributed by atoms with Gasteiger partial charge in [-0.15, -0.1) is 0 Å². The minimum absolute atomic E-state index is 0.0864. The summed E-state index contributed by atoms with van der Waals surface area (Å²) in [5, 5.41) is 9.26. The highest BCUT2D eigenvalue weighted by Gasteiger charge is 2.43. The number of carbonyl (C=O) groups is 1. The van der Waals surface area contributed by atoms with Crippen molar-refractivity contribution < 1.29 is 33.0 Å². The minimum Gasteiger partial charge on any atom is -0.467 e. The fourth-order valence-electron chi connectivity index (χ4n) is 2.44. The van der Waals surface area contributed by atoms with Crippen LogP contribution in [-0.2, 0) is 27.9 Å². The Bertz CT molecular complexity index is 352. The minimum atomic E-state index is -3.71. The number of hydrogen-bond donors (Lipinski definition) is 1. The summed E-state index contributed by atoms with van der Waals surface area (Å²) >= 11 is 0. The van der Waals surface area contributed by atoms with Crippen molar-refractivity contribution >= 4 is 13.6 Å². The number of esters is 1. The third kappa shape index (κ3) is 4.02. The molecule has 3 unspecified atom stereocenters. The largest absolute Gasteiger partial charge is 0.467 e. The van der Waals surface area contributed by atoms with Crippen molar-refractivity contribution in [1.29, 1.82) is 0 Å². The first-order valence-corrected chi connectivity index (χ1v) is 8.15. The SMILES string of the molecule is COC(=O)C(OCC1CCCC1CO)P(=O)(OC)OC. The summed E-state index contributed by atoms with van der Waals surface area (Å²) in [6, 6.07) is 0. The van der Waals surface area contributed by atoms with Gasteiger partial charge in [-0.25, -0.2) is 4.79 Å². The van der Waals surface area contributed by atoms with Gasteiger partial charge < -0.3 is 23.6 Å². The van der Waals surface area contributed by atoms with Gasteiger partial charge in [0.15, 0.2) is 0 Å². The molecule has 118 valence electrons. The van der Waals surface area contributed by atoms with Crippen LogP contribution in [-0.4, -0.2) is 51.5 Å². The predicted octanol–water partition coefficient (Wildman–Crippen LogP) is 1.40. The molecule has 1 rings (SSSR count). The van der Waals surface area contributed by atoms with Crippen LogP contribution in [0.2, 0.25) is 0 Å². The van der Waals surface area contributed by atoms with Crippen molar-refractivity contribution in [2.24, 2.45) is 11.8 Å². The monoisotopic (exact) mass is 310 g/mol. The maximum atomic E-state index is 12.3. The summed E-state index contributed by atoms with van der Waals surface area (Å²) in [6.45, 7) is 0.296. The highest BCUT2D eigenvalue weighted by Crippen LogP contribution is 2.52. The molecule has 0 spiro atoms. The van der Waals surface area contributed by atoms with Crippen LogP contribution in [0.15, 0.2) is 0 Å². The van der Waals surface area contributed by atoms with E-state index >= 15 is 0 Å². The number of methoxy groups -OCH3 is 1. The first kappa shape index (κ1) is 17.6. The van der Waals surface area contributed by atoms with Crippen molar-refractivity contribution in [3.8, 4) is 0 Å². The first-order valence-electron chi connectivity index (χ1n) is 6.53. The molecule has 0 bridgehead atoms. The van der Waals surface area contributed by atoms with Crippen molar-refractivity contribution in [3.05, 3.63) is 0 Å². The van der Waals surface area contributed by atoms with E-state index in [4.69, 9.17) is 13.8 Å². The fraction of sp³-hybridized carbons (Fsp3) is 0.917. The highest BCUT2D eigenvalue weighted by atomic mass is 31.2. The van der Waals surface area contributed by atoms with Crippen LogP contribution in [0.3, 0.4) is 0 Å². The summed E-state index contributed by atoms with van der Waals surface area (Å²) < 4.78 is 31.9. The molecule has 1 fully saturated rings. The molecule has 20 heavy (non-hydrogen) atoms. The molecule has 8 heteroatoms. The third-order valence-corrected chi connectivity index (χ3v) is 5.67. The second-order valence-corrected chi connectivity index (χ2v) is 7.03. The maximum Gasteiger partial charge on any atom is 0.370 e. The van der Waals surface area contributed by atoms with Gasteiger partial charge in [0.25, 0.3) is 5.85 Å². The van der Waals surface area contributed by atoms with Crippen molar-refractivity contribution in [3.63, 3.8) is 0 Å². The predicted molar refractivity (Wildman–Crippen MR) is 71.3 cm³/mol. The second kappa shape index (κ2) is 8.10. The zero-order chi connectivity index (χ0) is 15.2. The van der Waals surface area contributed by atoms with Crippen LogP contribution >= 0.6 is 7.60 Å². The average molecular weight is 310 g/mol. The van der Waals surface area contributed by atoms with E-state index in [9.17, 15) is 14.5 Å². The Kier molecular flexibility index (Phi) is 7.12. The Morgan fingerprint density at radius 2 is 1.85 bits per heavy atom. The first-order chi connectivity index (χ1) is 9.52. The van der Waals surface area contributed by atoms with Gasteiger partial charge in [-0.3, -0.25) is 4.57 Å². The van der Waals surface area contributed by atoms with Gasteiger partial charge in [0.2, 0.25) is 0 Å². The van der Waals surface area contributed by atoms with Gasteiger partial charge in [0.1, 0.15) is 0 Å². The van der Waals surface area contributed by atoms with Gasteiger partial charge in [-0.2, -0.15) is 0 Å². The van der Waals surface area contributed by atoms with Gasteiger partial charge in [-0.05, 0) is 24.7 Å². The lowest BCUT2D eigenvalue weighted by molar-refractivity contribution is -0.150. The fourth-order valence-corrected chi connectivity index (χ4v) is 3.61. The molecule has 0 aliphatic heterocycles. The summed E-state index contributed by atoms with van der Waals surface area (Å²) in [7, 11) is -0.147. The van der Waals surface area contributed by atoms with Gasteiger partial charge in [0, 0.05) is 20.8 Å². The van der Waals surface area contributed by atoms with E-state index in [-0.39, 0.29) is 25.0 Å². The van der Waals surface area contributed by atoms with Crippen molar-refractivity contribution in [1.82, 2.24) is 0 Å². The summed E-state index contributed by atoms with van der Waals surface area (Å²) in [6.07, 6.45) is 2.84. The third-order valence-electron chi connectivity index (χ3n) is 3.72. The number of carbonyl (C=O) groups excluding carboxylic acids is 1. The maximum absolute atomic E-state index is 12.3. The Labute approximate surface area is 119 Å². The smallest absolute Gasteiger partial charge is 0.370 e. The molecule has 1 aliphatic carbocycles. The Morgan fingerprint density at radius 3 is 2.35 bits per heavy atom. The van der Waals surface area contributed by atoms with Crippen LogP contribution in [0.25, 0.3) is 0 Å². The molecule has 1 aliphatic rings. The van der Waals surface area contributed by atoms with E-state index in [1.165, 1.54) is 21.3 Å². The highest BCUT2D eigenvalue weighted by molar-refractivity contribution is 7.55. The molecule has 3 atom stereocenters. The molecule has 7 nitrogen and oxygen atoms in total. The molecular formula is C12H23O7P. The number of rotatable bonds is 8.